The number of carbonyl (C=O) groups excluding carboxylic acids is 1. The lowest BCUT2D eigenvalue weighted by atomic mass is 10.2. The minimum absolute atomic E-state index is 0.0355. The van der Waals surface area contributed by atoms with Crippen molar-refractivity contribution >= 4 is 5.97 Å². The van der Waals surface area contributed by atoms with Gasteiger partial charge in [-0.15, -0.1) is 0 Å². The number of carbonyl (C=O) groups is 1. The first-order valence-electron chi connectivity index (χ1n) is 5.13. The Kier molecular flexibility index (Phi) is 5.48. The molecule has 1 N–H and O–H groups in total. The molecule has 82 valence electrons. The average Bonchev–Trinajstić information content (AvgIpc) is 2.28. The van der Waals surface area contributed by atoms with Gasteiger partial charge in [0.1, 0.15) is 0 Å². The zero-order valence-electron chi connectivity index (χ0n) is 8.69. The van der Waals surface area contributed by atoms with Gasteiger partial charge in [0, 0.05) is 19.4 Å². The second kappa shape index (κ2) is 7.01. The van der Waals surface area contributed by atoms with Crippen molar-refractivity contribution in [2.45, 2.75) is 19.3 Å². The molecule has 0 aliphatic heterocycles. The molecule has 0 aliphatic carbocycles. The van der Waals surface area contributed by atoms with Crippen LogP contribution in [0.15, 0.2) is 30.3 Å². The maximum atomic E-state index is 11.1. The summed E-state index contributed by atoms with van der Waals surface area (Å²) in [6.45, 7) is 0.446. The highest BCUT2D eigenvalue weighted by atomic mass is 16.5. The molecule has 0 bridgehead atoms. The first-order chi connectivity index (χ1) is 7.33. The van der Waals surface area contributed by atoms with Crippen molar-refractivity contribution in [2.24, 2.45) is 0 Å². The van der Waals surface area contributed by atoms with Crippen LogP contribution in [0.1, 0.15) is 18.4 Å². The lowest BCUT2D eigenvalue weighted by molar-refractivity contribution is -0.143. The zero-order chi connectivity index (χ0) is 10.9. The summed E-state index contributed by atoms with van der Waals surface area (Å²) in [6.07, 6.45) is 1.52. The SMILES string of the molecule is O=C(CCCO)OCCc1ccccc1. The van der Waals surface area contributed by atoms with E-state index in [-0.39, 0.29) is 12.6 Å². The van der Waals surface area contributed by atoms with Gasteiger partial charge in [-0.2, -0.15) is 0 Å². The van der Waals surface area contributed by atoms with Gasteiger partial charge < -0.3 is 9.84 Å². The maximum absolute atomic E-state index is 11.1. The number of hydrogen-bond acceptors (Lipinski definition) is 3. The van der Waals surface area contributed by atoms with Crippen LogP contribution in [0.5, 0.6) is 0 Å². The van der Waals surface area contributed by atoms with Gasteiger partial charge in [0.15, 0.2) is 0 Å². The fourth-order valence-electron chi connectivity index (χ4n) is 1.22. The molecule has 3 nitrogen and oxygen atoms in total. The fourth-order valence-corrected chi connectivity index (χ4v) is 1.22. The van der Waals surface area contributed by atoms with Crippen molar-refractivity contribution in [3.8, 4) is 0 Å². The molecule has 0 atom stereocenters. The summed E-state index contributed by atoms with van der Waals surface area (Å²) in [7, 11) is 0. The van der Waals surface area contributed by atoms with Gasteiger partial charge in [-0.25, -0.2) is 0 Å². The molecule has 1 aromatic carbocycles. The van der Waals surface area contributed by atoms with E-state index in [1.54, 1.807) is 0 Å². The number of esters is 1. The first-order valence-corrected chi connectivity index (χ1v) is 5.13. The van der Waals surface area contributed by atoms with Gasteiger partial charge in [-0.05, 0) is 12.0 Å². The van der Waals surface area contributed by atoms with Crippen LogP contribution in [0.4, 0.5) is 0 Å². The summed E-state index contributed by atoms with van der Waals surface area (Å²) in [5.41, 5.74) is 1.16. The quantitative estimate of drug-likeness (QED) is 0.721. The van der Waals surface area contributed by atoms with E-state index in [4.69, 9.17) is 9.84 Å². The van der Waals surface area contributed by atoms with E-state index >= 15 is 0 Å². The van der Waals surface area contributed by atoms with Gasteiger partial charge in [-0.1, -0.05) is 30.3 Å². The Morgan fingerprint density at radius 3 is 2.67 bits per heavy atom. The fraction of sp³-hybridized carbons (Fsp3) is 0.417. The summed E-state index contributed by atoms with van der Waals surface area (Å²) in [6, 6.07) is 9.88. The highest BCUT2D eigenvalue weighted by Crippen LogP contribution is 2.00. The lowest BCUT2D eigenvalue weighted by Gasteiger charge is -2.03. The summed E-state index contributed by atoms with van der Waals surface area (Å²) in [4.78, 5) is 11.1. The number of benzene rings is 1. The molecule has 3 heteroatoms. The highest BCUT2D eigenvalue weighted by Gasteiger charge is 2.01. The molecular weight excluding hydrogens is 192 g/mol. The third-order valence-corrected chi connectivity index (χ3v) is 2.04. The Hall–Kier alpha value is -1.35. The van der Waals surface area contributed by atoms with Crippen LogP contribution >= 0.6 is 0 Å². The largest absolute Gasteiger partial charge is 0.465 e. The molecule has 1 aromatic rings. The van der Waals surface area contributed by atoms with E-state index in [0.717, 1.165) is 12.0 Å². The number of rotatable bonds is 6. The Balaban J connectivity index is 2.14. The molecule has 0 saturated heterocycles. The smallest absolute Gasteiger partial charge is 0.305 e. The van der Waals surface area contributed by atoms with Crippen molar-refractivity contribution < 1.29 is 14.6 Å². The van der Waals surface area contributed by atoms with Crippen LogP contribution in [0, 0.1) is 0 Å². The molecular formula is C12H16O3. The molecule has 0 unspecified atom stereocenters. The maximum Gasteiger partial charge on any atom is 0.305 e. The van der Waals surface area contributed by atoms with E-state index in [0.29, 0.717) is 19.4 Å². The predicted molar refractivity (Wildman–Crippen MR) is 57.4 cm³/mol. The Labute approximate surface area is 89.7 Å². The monoisotopic (exact) mass is 208 g/mol. The van der Waals surface area contributed by atoms with Crippen molar-refractivity contribution in [3.05, 3.63) is 35.9 Å². The van der Waals surface area contributed by atoms with E-state index in [2.05, 4.69) is 0 Å². The second-order valence-electron chi connectivity index (χ2n) is 3.28. The predicted octanol–water partition coefficient (Wildman–Crippen LogP) is 1.54. The summed E-state index contributed by atoms with van der Waals surface area (Å²) < 4.78 is 5.00. The van der Waals surface area contributed by atoms with Crippen LogP contribution < -0.4 is 0 Å². The minimum Gasteiger partial charge on any atom is -0.465 e. The van der Waals surface area contributed by atoms with Crippen molar-refractivity contribution in [3.63, 3.8) is 0 Å². The van der Waals surface area contributed by atoms with Gasteiger partial charge >= 0.3 is 5.97 Å². The minimum atomic E-state index is -0.236. The third kappa shape index (κ3) is 5.18. The topological polar surface area (TPSA) is 46.5 Å². The number of hydrogen-bond donors (Lipinski definition) is 1. The second-order valence-corrected chi connectivity index (χ2v) is 3.28. The molecule has 0 radical (unpaired) electrons. The Bertz CT molecular complexity index is 282. The van der Waals surface area contributed by atoms with E-state index < -0.39 is 0 Å². The summed E-state index contributed by atoms with van der Waals surface area (Å²) in [5.74, 6) is -0.236. The highest BCUT2D eigenvalue weighted by molar-refractivity contribution is 5.69. The molecule has 0 amide bonds. The Morgan fingerprint density at radius 1 is 1.27 bits per heavy atom. The molecule has 0 saturated carbocycles. The van der Waals surface area contributed by atoms with E-state index in [1.807, 2.05) is 30.3 Å². The molecule has 15 heavy (non-hydrogen) atoms. The molecule has 0 heterocycles. The molecule has 0 aliphatic rings. The lowest BCUT2D eigenvalue weighted by Crippen LogP contribution is -2.08. The zero-order valence-corrected chi connectivity index (χ0v) is 8.69. The molecule has 0 fully saturated rings. The van der Waals surface area contributed by atoms with Gasteiger partial charge in [0.05, 0.1) is 6.61 Å². The molecule has 0 spiro atoms. The van der Waals surface area contributed by atoms with E-state index in [9.17, 15) is 4.79 Å². The summed E-state index contributed by atoms with van der Waals surface area (Å²) >= 11 is 0. The van der Waals surface area contributed by atoms with Gasteiger partial charge in [0.2, 0.25) is 0 Å². The van der Waals surface area contributed by atoms with Crippen molar-refractivity contribution in [1.29, 1.82) is 0 Å². The normalized spacial score (nSPS) is 9.93. The van der Waals surface area contributed by atoms with Gasteiger partial charge in [0.25, 0.3) is 0 Å². The van der Waals surface area contributed by atoms with Crippen LogP contribution in [0.3, 0.4) is 0 Å². The summed E-state index contributed by atoms with van der Waals surface area (Å²) in [5, 5.41) is 8.51. The van der Waals surface area contributed by atoms with Crippen molar-refractivity contribution in [1.82, 2.24) is 0 Å². The van der Waals surface area contributed by atoms with E-state index in [1.165, 1.54) is 0 Å². The molecule has 0 aromatic heterocycles. The Morgan fingerprint density at radius 2 is 2.00 bits per heavy atom. The molecule has 1 rings (SSSR count). The number of aliphatic hydroxyl groups is 1. The van der Waals surface area contributed by atoms with Gasteiger partial charge in [-0.3, -0.25) is 4.79 Å². The average molecular weight is 208 g/mol. The van der Waals surface area contributed by atoms with Crippen LogP contribution in [0.25, 0.3) is 0 Å². The first kappa shape index (κ1) is 11.7. The number of ether oxygens (including phenoxy) is 1. The van der Waals surface area contributed by atoms with Crippen LogP contribution in [0.2, 0.25) is 0 Å². The third-order valence-electron chi connectivity index (χ3n) is 2.04. The van der Waals surface area contributed by atoms with Crippen LogP contribution in [-0.2, 0) is 16.0 Å². The number of aliphatic hydroxyl groups excluding tert-OH is 1. The van der Waals surface area contributed by atoms with Crippen molar-refractivity contribution in [2.75, 3.05) is 13.2 Å². The standard InChI is InChI=1S/C12H16O3/c13-9-4-7-12(14)15-10-8-11-5-2-1-3-6-11/h1-3,5-6,13H,4,7-10H2. The van der Waals surface area contributed by atoms with Crippen LogP contribution in [-0.4, -0.2) is 24.3 Å².